The third-order valence-electron chi connectivity index (χ3n) is 2.36. The van der Waals surface area contributed by atoms with E-state index in [9.17, 15) is 4.79 Å². The predicted molar refractivity (Wildman–Crippen MR) is 44.6 cm³/mol. The van der Waals surface area contributed by atoms with Crippen LogP contribution >= 0.6 is 0 Å². The molecule has 0 fully saturated rings. The Bertz CT molecular complexity index is 278. The molecule has 1 unspecified atom stereocenters. The second-order valence-electron chi connectivity index (χ2n) is 3.20. The lowest BCUT2D eigenvalue weighted by Crippen LogP contribution is -2.30. The van der Waals surface area contributed by atoms with Crippen LogP contribution in [-0.4, -0.2) is 17.1 Å². The number of allylic oxidation sites excluding steroid dienone is 2. The maximum Gasteiger partial charge on any atom is 0.326 e. The van der Waals surface area contributed by atoms with Crippen LogP contribution in [0.3, 0.4) is 0 Å². The zero-order valence-electron chi connectivity index (χ0n) is 6.71. The first-order valence-electron chi connectivity index (χ1n) is 4.15. The zero-order valence-corrected chi connectivity index (χ0v) is 6.71. The number of nitrogens with one attached hydrogen (secondary N) is 1. The largest absolute Gasteiger partial charge is 0.480 e. The summed E-state index contributed by atoms with van der Waals surface area (Å²) >= 11 is 0. The number of aliphatic carboxylic acids is 1. The van der Waals surface area contributed by atoms with E-state index in [4.69, 9.17) is 5.11 Å². The van der Waals surface area contributed by atoms with Gasteiger partial charge in [0.15, 0.2) is 0 Å². The van der Waals surface area contributed by atoms with Crippen molar-refractivity contribution in [3.63, 3.8) is 0 Å². The maximum absolute atomic E-state index is 10.6. The number of carboxylic acids is 1. The molecule has 0 spiro atoms. The summed E-state index contributed by atoms with van der Waals surface area (Å²) in [5, 5.41) is 11.7. The molecule has 0 saturated heterocycles. The zero-order chi connectivity index (χ0) is 8.55. The van der Waals surface area contributed by atoms with Gasteiger partial charge in [0.1, 0.15) is 6.04 Å². The highest BCUT2D eigenvalue weighted by atomic mass is 16.4. The lowest BCUT2D eigenvalue weighted by Gasteiger charge is -2.06. The number of carbonyl (C=O) groups is 1. The van der Waals surface area contributed by atoms with Gasteiger partial charge in [-0.1, -0.05) is 6.08 Å². The Hall–Kier alpha value is -1.25. The third kappa shape index (κ3) is 1.11. The molecule has 0 aromatic rings. The van der Waals surface area contributed by atoms with E-state index >= 15 is 0 Å². The average Bonchev–Trinajstić information content (AvgIpc) is 2.46. The normalized spacial score (nSPS) is 26.8. The Morgan fingerprint density at radius 1 is 1.67 bits per heavy atom. The molecular formula is C9H11NO2. The summed E-state index contributed by atoms with van der Waals surface area (Å²) in [5.74, 6) is -0.752. The Kier molecular flexibility index (Phi) is 1.64. The number of hydrogen-bond acceptors (Lipinski definition) is 2. The second-order valence-corrected chi connectivity index (χ2v) is 3.20. The second kappa shape index (κ2) is 2.66. The summed E-state index contributed by atoms with van der Waals surface area (Å²) in [5.41, 5.74) is 2.30. The number of hydrogen-bond donors (Lipinski definition) is 2. The van der Waals surface area contributed by atoms with E-state index in [1.165, 1.54) is 5.57 Å². The van der Waals surface area contributed by atoms with Gasteiger partial charge in [0.25, 0.3) is 0 Å². The van der Waals surface area contributed by atoms with E-state index in [1.807, 2.05) is 6.08 Å². The van der Waals surface area contributed by atoms with E-state index < -0.39 is 12.0 Å². The third-order valence-corrected chi connectivity index (χ3v) is 2.36. The summed E-state index contributed by atoms with van der Waals surface area (Å²) in [6.45, 7) is 0. The van der Waals surface area contributed by atoms with Gasteiger partial charge in [-0.15, -0.1) is 0 Å². The van der Waals surface area contributed by atoms with Crippen LogP contribution in [0, 0.1) is 0 Å². The van der Waals surface area contributed by atoms with Gasteiger partial charge in [0.05, 0.1) is 0 Å². The van der Waals surface area contributed by atoms with Crippen molar-refractivity contribution in [1.29, 1.82) is 0 Å². The van der Waals surface area contributed by atoms with Crippen molar-refractivity contribution in [2.24, 2.45) is 0 Å². The van der Waals surface area contributed by atoms with Crippen LogP contribution in [0.5, 0.6) is 0 Å². The first-order chi connectivity index (χ1) is 5.77. The highest BCUT2D eigenvalue weighted by Crippen LogP contribution is 2.27. The van der Waals surface area contributed by atoms with Crippen LogP contribution in [-0.2, 0) is 4.79 Å². The molecule has 0 bridgehead atoms. The Morgan fingerprint density at radius 3 is 3.17 bits per heavy atom. The smallest absolute Gasteiger partial charge is 0.326 e. The summed E-state index contributed by atoms with van der Waals surface area (Å²) in [4.78, 5) is 10.6. The minimum absolute atomic E-state index is 0.391. The molecule has 64 valence electrons. The van der Waals surface area contributed by atoms with E-state index in [2.05, 4.69) is 11.4 Å². The average molecular weight is 165 g/mol. The van der Waals surface area contributed by atoms with Crippen molar-refractivity contribution in [2.45, 2.75) is 25.3 Å². The van der Waals surface area contributed by atoms with Gasteiger partial charge >= 0.3 is 5.97 Å². The van der Waals surface area contributed by atoms with Crippen molar-refractivity contribution in [2.75, 3.05) is 0 Å². The van der Waals surface area contributed by atoms with Gasteiger partial charge in [0, 0.05) is 12.1 Å². The predicted octanol–water partition coefficient (Wildman–Crippen LogP) is 1.04. The highest BCUT2D eigenvalue weighted by molar-refractivity contribution is 5.75. The quantitative estimate of drug-likeness (QED) is 0.610. The standard InChI is InChI=1S/C9H11NO2/c11-9(12)8-5-6-3-1-2-4-7(6)10-8/h2,4,8,10H,1,3,5H2,(H,11,12). The van der Waals surface area contributed by atoms with Crippen molar-refractivity contribution in [3.8, 4) is 0 Å². The van der Waals surface area contributed by atoms with Crippen LogP contribution in [0.25, 0.3) is 0 Å². The molecule has 2 N–H and O–H groups in total. The van der Waals surface area contributed by atoms with Gasteiger partial charge in [-0.2, -0.15) is 0 Å². The highest BCUT2D eigenvalue weighted by Gasteiger charge is 2.27. The van der Waals surface area contributed by atoms with Gasteiger partial charge in [-0.05, 0) is 24.5 Å². The molecule has 12 heavy (non-hydrogen) atoms. The minimum Gasteiger partial charge on any atom is -0.480 e. The van der Waals surface area contributed by atoms with Crippen molar-refractivity contribution in [1.82, 2.24) is 5.32 Å². The SMILES string of the molecule is O=C(O)C1CC2=C(C=CCC2)N1. The minimum atomic E-state index is -0.752. The molecule has 1 aliphatic heterocycles. The first kappa shape index (κ1) is 7.40. The molecular weight excluding hydrogens is 154 g/mol. The lowest BCUT2D eigenvalue weighted by atomic mass is 10.0. The summed E-state index contributed by atoms with van der Waals surface area (Å²) in [7, 11) is 0. The molecule has 1 heterocycles. The lowest BCUT2D eigenvalue weighted by molar-refractivity contribution is -0.138. The molecule has 0 aromatic heterocycles. The summed E-state index contributed by atoms with van der Waals surface area (Å²) < 4.78 is 0. The van der Waals surface area contributed by atoms with Crippen LogP contribution < -0.4 is 5.32 Å². The van der Waals surface area contributed by atoms with E-state index in [0.29, 0.717) is 6.42 Å². The Balaban J connectivity index is 2.12. The molecule has 2 aliphatic rings. The fourth-order valence-corrected chi connectivity index (χ4v) is 1.71. The summed E-state index contributed by atoms with van der Waals surface area (Å²) in [6.07, 6.45) is 6.81. The number of carboxylic acid groups (broad SMARTS) is 1. The van der Waals surface area contributed by atoms with Gasteiger partial charge < -0.3 is 10.4 Å². The molecule has 1 atom stereocenters. The topological polar surface area (TPSA) is 49.3 Å². The molecule has 1 aliphatic carbocycles. The van der Waals surface area contributed by atoms with Gasteiger partial charge in [-0.3, -0.25) is 0 Å². The molecule has 0 radical (unpaired) electrons. The summed E-state index contributed by atoms with van der Waals surface area (Å²) in [6, 6.07) is -0.391. The van der Waals surface area contributed by atoms with Crippen LogP contribution in [0.1, 0.15) is 19.3 Å². The fourth-order valence-electron chi connectivity index (χ4n) is 1.71. The molecule has 3 heteroatoms. The van der Waals surface area contributed by atoms with E-state index in [0.717, 1.165) is 18.5 Å². The van der Waals surface area contributed by atoms with Crippen molar-refractivity contribution >= 4 is 5.97 Å². The Labute approximate surface area is 70.8 Å². The van der Waals surface area contributed by atoms with Crippen molar-refractivity contribution in [3.05, 3.63) is 23.4 Å². The van der Waals surface area contributed by atoms with E-state index in [1.54, 1.807) is 0 Å². The van der Waals surface area contributed by atoms with E-state index in [-0.39, 0.29) is 0 Å². The monoisotopic (exact) mass is 165 g/mol. The molecule has 2 rings (SSSR count). The molecule has 0 aromatic carbocycles. The fraction of sp³-hybridized carbons (Fsp3) is 0.444. The number of rotatable bonds is 1. The maximum atomic E-state index is 10.6. The van der Waals surface area contributed by atoms with Crippen LogP contribution in [0.4, 0.5) is 0 Å². The van der Waals surface area contributed by atoms with Crippen molar-refractivity contribution < 1.29 is 9.90 Å². The molecule has 0 saturated carbocycles. The molecule has 0 amide bonds. The van der Waals surface area contributed by atoms with Crippen LogP contribution in [0.15, 0.2) is 23.4 Å². The van der Waals surface area contributed by atoms with Crippen LogP contribution in [0.2, 0.25) is 0 Å². The Morgan fingerprint density at radius 2 is 2.50 bits per heavy atom. The van der Waals surface area contributed by atoms with Gasteiger partial charge in [0.2, 0.25) is 0 Å². The first-order valence-corrected chi connectivity index (χ1v) is 4.15. The van der Waals surface area contributed by atoms with Gasteiger partial charge in [-0.25, -0.2) is 4.79 Å². The molecule has 3 nitrogen and oxygen atoms in total.